The molecule has 5 heteroatoms. The first-order valence-electron chi connectivity index (χ1n) is 10.8. The molecule has 0 unspecified atom stereocenters. The van der Waals surface area contributed by atoms with E-state index >= 15 is 0 Å². The van der Waals surface area contributed by atoms with Crippen molar-refractivity contribution in [2.45, 2.75) is 51.5 Å². The SMILES string of the molecule is CC1(C)[C@H]2Cc3c(ccc4[nH]cnc34)[C@]1(C)CCN2C(=O)c1ccc2c(c1)CC=N2. The summed E-state index contributed by atoms with van der Waals surface area (Å²) < 4.78 is 0. The second-order valence-electron chi connectivity index (χ2n) is 9.77. The van der Waals surface area contributed by atoms with Gasteiger partial charge in [-0.05, 0) is 59.2 Å². The Labute approximate surface area is 176 Å². The minimum absolute atomic E-state index is 0.0148. The quantitative estimate of drug-likeness (QED) is 0.652. The van der Waals surface area contributed by atoms with E-state index in [1.165, 1.54) is 11.1 Å². The highest BCUT2D eigenvalue weighted by Gasteiger charge is 2.57. The number of piperidine rings is 1. The van der Waals surface area contributed by atoms with Gasteiger partial charge >= 0.3 is 0 Å². The number of carbonyl (C=O) groups is 1. The van der Waals surface area contributed by atoms with Crippen LogP contribution in [0.3, 0.4) is 0 Å². The predicted molar refractivity (Wildman–Crippen MR) is 119 cm³/mol. The molecule has 0 radical (unpaired) electrons. The van der Waals surface area contributed by atoms with Crippen LogP contribution in [-0.4, -0.2) is 39.6 Å². The number of hydrogen-bond donors (Lipinski definition) is 1. The Morgan fingerprint density at radius 2 is 2.07 bits per heavy atom. The summed E-state index contributed by atoms with van der Waals surface area (Å²) in [6.07, 6.45) is 6.31. The number of aliphatic imine (C=N–C) groups is 1. The molecule has 30 heavy (non-hydrogen) atoms. The molecule has 152 valence electrons. The number of amides is 1. The van der Waals surface area contributed by atoms with E-state index in [9.17, 15) is 4.79 Å². The number of aromatic nitrogens is 2. The first-order valence-corrected chi connectivity index (χ1v) is 10.8. The molecule has 2 atom stereocenters. The molecule has 3 aromatic rings. The van der Waals surface area contributed by atoms with Crippen molar-refractivity contribution in [3.8, 4) is 0 Å². The van der Waals surface area contributed by atoms with E-state index in [2.05, 4.69) is 52.8 Å². The Morgan fingerprint density at radius 1 is 1.20 bits per heavy atom. The standard InChI is InChI=1S/C25H26N4O/c1-24(2)21-13-17-18(5-7-20-22(17)28-14-27-20)25(24,3)9-11-29(21)23(30)16-4-6-19-15(12-16)8-10-26-19/h4-7,10,12,14,21H,8-9,11,13H2,1-3H3,(H,27,28)/t21-,25+/m1/s1. The molecule has 0 spiro atoms. The third-order valence-corrected chi connectivity index (χ3v) is 8.30. The van der Waals surface area contributed by atoms with Gasteiger partial charge in [-0.1, -0.05) is 26.8 Å². The van der Waals surface area contributed by atoms with Crippen LogP contribution in [0, 0.1) is 5.41 Å². The lowest BCUT2D eigenvalue weighted by atomic mass is 9.51. The van der Waals surface area contributed by atoms with Crippen molar-refractivity contribution >= 4 is 28.8 Å². The highest BCUT2D eigenvalue weighted by atomic mass is 16.2. The number of nitrogens with zero attached hydrogens (tertiary/aromatic N) is 3. The van der Waals surface area contributed by atoms with E-state index in [1.807, 2.05) is 24.4 Å². The van der Waals surface area contributed by atoms with Gasteiger partial charge in [-0.25, -0.2) is 4.98 Å². The summed E-state index contributed by atoms with van der Waals surface area (Å²) in [5.41, 5.74) is 7.75. The zero-order chi connectivity index (χ0) is 20.7. The lowest BCUT2D eigenvalue weighted by molar-refractivity contribution is -0.0259. The fourth-order valence-corrected chi connectivity index (χ4v) is 6.07. The number of fused-ring (bicyclic) bond motifs is 7. The van der Waals surface area contributed by atoms with Crippen LogP contribution in [-0.2, 0) is 18.3 Å². The van der Waals surface area contributed by atoms with Crippen molar-refractivity contribution in [1.82, 2.24) is 14.9 Å². The Kier molecular flexibility index (Phi) is 3.46. The molecule has 3 heterocycles. The average Bonchev–Trinajstić information content (AvgIpc) is 3.38. The highest BCUT2D eigenvalue weighted by molar-refractivity contribution is 5.96. The average molecular weight is 399 g/mol. The maximum absolute atomic E-state index is 13.7. The lowest BCUT2D eigenvalue weighted by Gasteiger charge is -2.60. The zero-order valence-corrected chi connectivity index (χ0v) is 17.7. The summed E-state index contributed by atoms with van der Waals surface area (Å²) in [5, 5.41) is 0. The van der Waals surface area contributed by atoms with E-state index in [0.717, 1.165) is 53.7 Å². The van der Waals surface area contributed by atoms with Gasteiger partial charge in [-0.15, -0.1) is 0 Å². The summed E-state index contributed by atoms with van der Waals surface area (Å²) in [6.45, 7) is 7.84. The van der Waals surface area contributed by atoms with Crippen molar-refractivity contribution in [3.05, 3.63) is 58.9 Å². The second kappa shape index (κ2) is 5.81. The van der Waals surface area contributed by atoms with E-state index in [4.69, 9.17) is 0 Å². The fraction of sp³-hybridized carbons (Fsp3) is 0.400. The summed E-state index contributed by atoms with van der Waals surface area (Å²) in [4.78, 5) is 28.1. The number of likely N-dealkylation sites (tertiary alicyclic amines) is 1. The van der Waals surface area contributed by atoms with Gasteiger partial charge in [-0.3, -0.25) is 9.79 Å². The molecule has 1 N–H and O–H groups in total. The molecule has 5 nitrogen and oxygen atoms in total. The third kappa shape index (κ3) is 2.15. The van der Waals surface area contributed by atoms with Crippen molar-refractivity contribution in [2.75, 3.05) is 6.54 Å². The van der Waals surface area contributed by atoms with Crippen LogP contribution in [0.15, 0.2) is 41.7 Å². The zero-order valence-electron chi connectivity index (χ0n) is 17.7. The van der Waals surface area contributed by atoms with Crippen LogP contribution in [0.5, 0.6) is 0 Å². The number of nitrogens with one attached hydrogen (secondary N) is 1. The van der Waals surface area contributed by atoms with Gasteiger partial charge < -0.3 is 9.88 Å². The maximum atomic E-state index is 13.7. The summed E-state index contributed by atoms with van der Waals surface area (Å²) in [7, 11) is 0. The largest absolute Gasteiger partial charge is 0.345 e. The van der Waals surface area contributed by atoms with E-state index < -0.39 is 0 Å². The molecule has 0 saturated carbocycles. The molecule has 1 amide bonds. The minimum Gasteiger partial charge on any atom is -0.345 e. The Hall–Kier alpha value is -2.95. The summed E-state index contributed by atoms with van der Waals surface area (Å²) >= 11 is 0. The number of hydrogen-bond acceptors (Lipinski definition) is 3. The first kappa shape index (κ1) is 17.9. The van der Waals surface area contributed by atoms with E-state index in [-0.39, 0.29) is 22.8 Å². The smallest absolute Gasteiger partial charge is 0.254 e. The van der Waals surface area contributed by atoms with Gasteiger partial charge in [0, 0.05) is 36.2 Å². The molecule has 2 aliphatic heterocycles. The maximum Gasteiger partial charge on any atom is 0.254 e. The third-order valence-electron chi connectivity index (χ3n) is 8.30. The number of H-pyrrole nitrogens is 1. The van der Waals surface area contributed by atoms with Crippen LogP contribution in [0.4, 0.5) is 5.69 Å². The molecular formula is C25H26N4O. The van der Waals surface area contributed by atoms with Crippen LogP contribution in [0.2, 0.25) is 0 Å². The lowest BCUT2D eigenvalue weighted by Crippen LogP contribution is -2.64. The normalized spacial score (nSPS) is 26.0. The fourth-order valence-electron chi connectivity index (χ4n) is 6.07. The monoisotopic (exact) mass is 398 g/mol. The Morgan fingerprint density at radius 3 is 2.93 bits per heavy atom. The van der Waals surface area contributed by atoms with E-state index in [1.54, 1.807) is 6.33 Å². The van der Waals surface area contributed by atoms with Crippen molar-refractivity contribution in [3.63, 3.8) is 0 Å². The van der Waals surface area contributed by atoms with Crippen LogP contribution in [0.25, 0.3) is 11.0 Å². The number of aromatic amines is 1. The van der Waals surface area contributed by atoms with Crippen molar-refractivity contribution in [1.29, 1.82) is 0 Å². The van der Waals surface area contributed by atoms with Gasteiger partial charge in [0.15, 0.2) is 0 Å². The molecule has 2 aromatic carbocycles. The molecule has 1 fully saturated rings. The Bertz CT molecular complexity index is 1240. The second-order valence-corrected chi connectivity index (χ2v) is 9.77. The molecule has 1 saturated heterocycles. The molecular weight excluding hydrogens is 372 g/mol. The summed E-state index contributed by atoms with van der Waals surface area (Å²) in [5.74, 6) is 0.141. The van der Waals surface area contributed by atoms with Crippen LogP contribution >= 0.6 is 0 Å². The number of benzene rings is 2. The van der Waals surface area contributed by atoms with Gasteiger partial charge in [0.25, 0.3) is 5.91 Å². The van der Waals surface area contributed by atoms with Gasteiger partial charge in [0.2, 0.25) is 0 Å². The van der Waals surface area contributed by atoms with Gasteiger partial charge in [0.05, 0.1) is 23.0 Å². The number of carbonyl (C=O) groups excluding carboxylic acids is 1. The Balaban J connectivity index is 1.45. The molecule has 2 bridgehead atoms. The predicted octanol–water partition coefficient (Wildman–Crippen LogP) is 4.58. The first-order chi connectivity index (χ1) is 14.4. The number of imidazole rings is 1. The minimum atomic E-state index is -0.0300. The molecule has 1 aliphatic carbocycles. The molecule has 3 aliphatic rings. The summed E-state index contributed by atoms with van der Waals surface area (Å²) in [6, 6.07) is 10.5. The van der Waals surface area contributed by atoms with Crippen molar-refractivity contribution in [2.24, 2.45) is 10.4 Å². The van der Waals surface area contributed by atoms with Crippen LogP contribution < -0.4 is 0 Å². The van der Waals surface area contributed by atoms with Gasteiger partial charge in [0.1, 0.15) is 0 Å². The van der Waals surface area contributed by atoms with E-state index in [0.29, 0.717) is 0 Å². The molecule has 1 aromatic heterocycles. The van der Waals surface area contributed by atoms with Gasteiger partial charge in [-0.2, -0.15) is 0 Å². The molecule has 6 rings (SSSR count). The topological polar surface area (TPSA) is 61.4 Å². The van der Waals surface area contributed by atoms with Crippen molar-refractivity contribution < 1.29 is 4.79 Å². The van der Waals surface area contributed by atoms with Crippen LogP contribution in [0.1, 0.15) is 54.2 Å². The highest BCUT2D eigenvalue weighted by Crippen LogP contribution is 2.56. The number of rotatable bonds is 1.